The summed E-state index contributed by atoms with van der Waals surface area (Å²) in [7, 11) is 0.345. The van der Waals surface area contributed by atoms with Crippen molar-refractivity contribution in [2.45, 2.75) is 117 Å². The topological polar surface area (TPSA) is 221 Å². The van der Waals surface area contributed by atoms with Crippen molar-refractivity contribution in [3.05, 3.63) is 70.8 Å². The van der Waals surface area contributed by atoms with Crippen molar-refractivity contribution in [1.29, 1.82) is 0 Å². The molecular formula is C53H77N4O14S2+3. The van der Waals surface area contributed by atoms with Crippen LogP contribution < -0.4 is 18.8 Å². The second kappa shape index (κ2) is 26.3. The molecule has 2 heterocycles. The molecule has 1 fully saturated rings. The van der Waals surface area contributed by atoms with E-state index in [0.717, 1.165) is 75.5 Å². The van der Waals surface area contributed by atoms with Crippen LogP contribution in [0.15, 0.2) is 48.5 Å². The van der Waals surface area contributed by atoms with E-state index in [1.807, 2.05) is 30.8 Å². The number of quaternary nitrogens is 2. The fraction of sp³-hybridized carbons (Fsp3) is 0.566. The Balaban J connectivity index is 1.44. The quantitative estimate of drug-likeness (QED) is 0.00720. The Labute approximate surface area is 431 Å². The first-order valence-electron chi connectivity index (χ1n) is 25.5. The molecule has 2 amide bonds. The molecule has 0 aliphatic carbocycles. The average Bonchev–Trinajstić information content (AvgIpc) is 3.62. The van der Waals surface area contributed by atoms with Gasteiger partial charge >= 0.3 is 11.9 Å². The molecule has 20 heteroatoms. The standard InChI is InChI=1S/C53H75N4O14S2/c1-8-9-27-56(4,5)28-14-10-12-16-31-68-42-20-22-46-44(37-42)50(53(61)70-51-39(2)35-41(36-40(51)3)52(60)71-55-48(58)24-25-49(55)59)45-38-43(21-23-47(45)54(46)26-18-33-72(62,63)64)69-32-17-13-11-15-29-57(6,7)30-19-34-73(65,66)67/h20-23,35-38H,8-19,24-34H2,1-7H3/q+1/p+2. The van der Waals surface area contributed by atoms with Crippen LogP contribution in [0.2, 0.25) is 0 Å². The third kappa shape index (κ3) is 18.3. The molecular weight excluding hydrogens is 981 g/mol. The minimum absolute atomic E-state index is 0.0409. The van der Waals surface area contributed by atoms with Crippen LogP contribution in [0.25, 0.3) is 21.8 Å². The first-order valence-corrected chi connectivity index (χ1v) is 28.7. The molecule has 18 nitrogen and oxygen atoms in total. The fourth-order valence-electron chi connectivity index (χ4n) is 9.24. The number of nitrogens with zero attached hydrogens (tertiary/aromatic N) is 4. The molecule has 3 aromatic carbocycles. The van der Waals surface area contributed by atoms with Gasteiger partial charge in [0.15, 0.2) is 6.54 Å². The summed E-state index contributed by atoms with van der Waals surface area (Å²) in [4.78, 5) is 57.5. The van der Waals surface area contributed by atoms with E-state index in [-0.39, 0.29) is 48.4 Å². The van der Waals surface area contributed by atoms with Gasteiger partial charge in [-0.15, -0.1) is 5.06 Å². The first-order chi connectivity index (χ1) is 34.4. The summed E-state index contributed by atoms with van der Waals surface area (Å²) >= 11 is 0. The van der Waals surface area contributed by atoms with E-state index in [4.69, 9.17) is 23.6 Å². The van der Waals surface area contributed by atoms with Crippen molar-refractivity contribution in [1.82, 2.24) is 5.06 Å². The van der Waals surface area contributed by atoms with Crippen LogP contribution in [-0.2, 0) is 41.2 Å². The molecule has 4 aromatic rings. The number of hydroxylamine groups is 2. The van der Waals surface area contributed by atoms with Gasteiger partial charge in [-0.2, -0.15) is 21.4 Å². The molecule has 0 spiro atoms. The van der Waals surface area contributed by atoms with Crippen LogP contribution in [-0.4, -0.2) is 143 Å². The lowest BCUT2D eigenvalue weighted by molar-refractivity contribution is -0.890. The van der Waals surface area contributed by atoms with Crippen LogP contribution >= 0.6 is 0 Å². The SMILES string of the molecule is CCCC[N+](C)(C)CCCCCCOc1ccc2c(c1)c(C(=O)Oc1c(C)cc(C(=O)ON3C(=O)CCC3=O)cc1C)c1cc(OCCCCCC[N+](C)(C)CCCS(=O)(=O)O)ccc1[n+]2CCCS(=O)(=O)O. The molecule has 0 saturated carbocycles. The van der Waals surface area contributed by atoms with Crippen LogP contribution in [0.5, 0.6) is 17.2 Å². The number of carbonyl (C=O) groups is 4. The highest BCUT2D eigenvalue weighted by Gasteiger charge is 2.34. The summed E-state index contributed by atoms with van der Waals surface area (Å²) in [6.07, 6.45) is 10.2. The second-order valence-corrected chi connectivity index (χ2v) is 23.7. The van der Waals surface area contributed by atoms with Gasteiger partial charge in [-0.1, -0.05) is 13.3 Å². The summed E-state index contributed by atoms with van der Waals surface area (Å²) < 4.78 is 87.3. The van der Waals surface area contributed by atoms with Gasteiger partial charge in [-0.25, -0.2) is 9.59 Å². The van der Waals surface area contributed by atoms with E-state index in [0.29, 0.717) is 80.2 Å². The van der Waals surface area contributed by atoms with Gasteiger partial charge in [0.25, 0.3) is 32.1 Å². The predicted octanol–water partition coefficient (Wildman–Crippen LogP) is 7.72. The zero-order valence-electron chi connectivity index (χ0n) is 43.8. The molecule has 1 saturated heterocycles. The van der Waals surface area contributed by atoms with Gasteiger partial charge in [-0.05, 0) is 119 Å². The number of unbranched alkanes of at least 4 members (excludes halogenated alkanes) is 7. The monoisotopic (exact) mass is 1060 g/mol. The molecule has 0 bridgehead atoms. The maximum atomic E-state index is 14.9. The molecule has 402 valence electrons. The Morgan fingerprint density at radius 2 is 1.07 bits per heavy atom. The smallest absolute Gasteiger partial charge is 0.363 e. The number of amides is 2. The van der Waals surface area contributed by atoms with Crippen LogP contribution in [0.3, 0.4) is 0 Å². The van der Waals surface area contributed by atoms with Crippen molar-refractivity contribution in [2.24, 2.45) is 0 Å². The van der Waals surface area contributed by atoms with Gasteiger partial charge in [0.2, 0.25) is 11.0 Å². The lowest BCUT2D eigenvalue weighted by Gasteiger charge is -2.29. The molecule has 1 aliphatic heterocycles. The Hall–Kier alpha value is -5.25. The van der Waals surface area contributed by atoms with Crippen molar-refractivity contribution in [3.8, 4) is 17.2 Å². The summed E-state index contributed by atoms with van der Waals surface area (Å²) in [6.45, 7) is 10.2. The van der Waals surface area contributed by atoms with E-state index in [1.165, 1.54) is 25.0 Å². The molecule has 0 unspecified atom stereocenters. The lowest BCUT2D eigenvalue weighted by atomic mass is 10.0. The van der Waals surface area contributed by atoms with E-state index >= 15 is 0 Å². The highest BCUT2D eigenvalue weighted by atomic mass is 32.2. The second-order valence-electron chi connectivity index (χ2n) is 20.6. The largest absolute Gasteiger partial charge is 0.494 e. The Morgan fingerprint density at radius 3 is 1.55 bits per heavy atom. The minimum atomic E-state index is -4.28. The number of aryl methyl sites for hydroxylation is 3. The first kappa shape index (κ1) is 58.6. The van der Waals surface area contributed by atoms with E-state index in [2.05, 4.69) is 21.0 Å². The summed E-state index contributed by atoms with van der Waals surface area (Å²) in [5.41, 5.74) is 2.18. The lowest BCUT2D eigenvalue weighted by Crippen LogP contribution is -2.41. The number of rotatable bonds is 31. The zero-order valence-corrected chi connectivity index (χ0v) is 45.4. The number of fused-ring (bicyclic) bond motifs is 2. The maximum Gasteiger partial charge on any atom is 0.363 e. The maximum absolute atomic E-state index is 14.9. The number of ether oxygens (including phenoxy) is 3. The number of esters is 1. The fourth-order valence-corrected chi connectivity index (χ4v) is 10.2. The Bertz CT molecular complexity index is 2790. The van der Waals surface area contributed by atoms with Crippen molar-refractivity contribution in [3.63, 3.8) is 0 Å². The molecule has 2 N–H and O–H groups in total. The molecule has 1 aliphatic rings. The highest BCUT2D eigenvalue weighted by Crippen LogP contribution is 2.34. The molecule has 0 atom stereocenters. The third-order valence-corrected chi connectivity index (χ3v) is 14.9. The van der Waals surface area contributed by atoms with Gasteiger partial charge in [-0.3, -0.25) is 18.7 Å². The molecule has 1 aromatic heterocycles. The summed E-state index contributed by atoms with van der Waals surface area (Å²) in [6, 6.07) is 13.7. The van der Waals surface area contributed by atoms with E-state index in [1.54, 1.807) is 38.1 Å². The number of hydrogen-bond acceptors (Lipinski definition) is 12. The predicted molar refractivity (Wildman–Crippen MR) is 278 cm³/mol. The van der Waals surface area contributed by atoms with Gasteiger partial charge in [0.05, 0.1) is 101 Å². The summed E-state index contributed by atoms with van der Waals surface area (Å²) in [5, 5.41) is 1.38. The van der Waals surface area contributed by atoms with Crippen molar-refractivity contribution >= 4 is 65.8 Å². The number of hydrogen-bond donors (Lipinski definition) is 2. The van der Waals surface area contributed by atoms with Gasteiger partial charge in [0.1, 0.15) is 17.2 Å². The summed E-state index contributed by atoms with van der Waals surface area (Å²) in [5.74, 6) is -2.46. The van der Waals surface area contributed by atoms with Gasteiger partial charge in [0, 0.05) is 37.8 Å². The van der Waals surface area contributed by atoms with Crippen LogP contribution in [0.1, 0.15) is 129 Å². The van der Waals surface area contributed by atoms with Crippen molar-refractivity contribution in [2.75, 3.05) is 79.1 Å². The number of pyridine rings is 1. The molecule has 0 radical (unpaired) electrons. The molecule has 5 rings (SSSR count). The Morgan fingerprint density at radius 1 is 0.616 bits per heavy atom. The number of benzene rings is 3. The minimum Gasteiger partial charge on any atom is -0.494 e. The molecule has 73 heavy (non-hydrogen) atoms. The van der Waals surface area contributed by atoms with Gasteiger partial charge < -0.3 is 28.0 Å². The zero-order chi connectivity index (χ0) is 53.6. The van der Waals surface area contributed by atoms with E-state index < -0.39 is 49.7 Å². The van der Waals surface area contributed by atoms with E-state index in [9.17, 15) is 40.6 Å². The number of carbonyl (C=O) groups excluding carboxylic acids is 4. The van der Waals surface area contributed by atoms with Crippen molar-refractivity contribution < 1.29 is 77.7 Å². The number of imide groups is 1. The van der Waals surface area contributed by atoms with Crippen LogP contribution in [0.4, 0.5) is 0 Å². The Kier molecular flexibility index (Phi) is 21.1. The average molecular weight is 1060 g/mol. The number of aromatic nitrogens is 1. The normalized spacial score (nSPS) is 13.6. The highest BCUT2D eigenvalue weighted by molar-refractivity contribution is 7.86. The van der Waals surface area contributed by atoms with Crippen LogP contribution in [0, 0.1) is 13.8 Å². The third-order valence-electron chi connectivity index (χ3n) is 13.3.